The van der Waals surface area contributed by atoms with E-state index in [4.69, 9.17) is 4.74 Å². The van der Waals surface area contributed by atoms with Crippen LogP contribution in [0.4, 0.5) is 0 Å². The van der Waals surface area contributed by atoms with Gasteiger partial charge in [-0.05, 0) is 5.56 Å². The first-order valence-electron chi connectivity index (χ1n) is 5.93. The minimum absolute atomic E-state index is 0.0444. The number of carbonyl (C=O) groups is 1. The average Bonchev–Trinajstić information content (AvgIpc) is 2.39. The Hall–Kier alpha value is -1.67. The van der Waals surface area contributed by atoms with E-state index in [0.29, 0.717) is 6.42 Å². The molecule has 1 aliphatic carbocycles. The van der Waals surface area contributed by atoms with Crippen molar-refractivity contribution in [1.82, 2.24) is 0 Å². The van der Waals surface area contributed by atoms with E-state index >= 15 is 0 Å². The number of allylic oxidation sites excluding steroid dienone is 2. The van der Waals surface area contributed by atoms with Gasteiger partial charge in [0.2, 0.25) is 0 Å². The number of Topliss-reactive ketones (excluding diaryl/α,β-unsaturated/α-hetero) is 1. The minimum Gasteiger partial charge on any atom is -0.358 e. The van der Waals surface area contributed by atoms with Crippen LogP contribution >= 0.6 is 0 Å². The molecule has 0 saturated carbocycles. The van der Waals surface area contributed by atoms with Crippen molar-refractivity contribution in [3.05, 3.63) is 60.2 Å². The van der Waals surface area contributed by atoms with E-state index in [-0.39, 0.29) is 17.8 Å². The van der Waals surface area contributed by atoms with Crippen LogP contribution in [-0.2, 0) is 9.53 Å². The zero-order chi connectivity index (χ0) is 11.7. The van der Waals surface area contributed by atoms with Crippen molar-refractivity contribution in [2.45, 2.75) is 18.6 Å². The van der Waals surface area contributed by atoms with Crippen molar-refractivity contribution < 1.29 is 9.53 Å². The molecule has 1 fully saturated rings. The van der Waals surface area contributed by atoms with Gasteiger partial charge in [0, 0.05) is 12.3 Å². The van der Waals surface area contributed by atoms with Crippen molar-refractivity contribution in [2.75, 3.05) is 0 Å². The molecule has 0 radical (unpaired) electrons. The van der Waals surface area contributed by atoms with Crippen molar-refractivity contribution in [3.8, 4) is 0 Å². The molecule has 1 heterocycles. The number of hydrogen-bond donors (Lipinski definition) is 0. The van der Waals surface area contributed by atoms with Gasteiger partial charge < -0.3 is 4.74 Å². The highest BCUT2D eigenvalue weighted by atomic mass is 16.5. The van der Waals surface area contributed by atoms with Crippen molar-refractivity contribution in [2.24, 2.45) is 5.92 Å². The average molecular weight is 226 g/mol. The Balaban J connectivity index is 1.86. The summed E-state index contributed by atoms with van der Waals surface area (Å²) in [6, 6.07) is 9.72. The molecule has 3 rings (SSSR count). The minimum atomic E-state index is -0.395. The van der Waals surface area contributed by atoms with Crippen molar-refractivity contribution >= 4 is 5.78 Å². The van der Waals surface area contributed by atoms with Gasteiger partial charge in [-0.1, -0.05) is 54.6 Å². The highest BCUT2D eigenvalue weighted by Crippen LogP contribution is 2.34. The molecular formula is C15H14O2. The fourth-order valence-corrected chi connectivity index (χ4v) is 2.43. The van der Waals surface area contributed by atoms with E-state index in [0.717, 1.165) is 5.56 Å². The lowest BCUT2D eigenvalue weighted by atomic mass is 9.86. The lowest BCUT2D eigenvalue weighted by Gasteiger charge is -2.34. The van der Waals surface area contributed by atoms with Gasteiger partial charge in [-0.15, -0.1) is 0 Å². The summed E-state index contributed by atoms with van der Waals surface area (Å²) in [5, 5.41) is 0. The fraction of sp³-hybridized carbons (Fsp3) is 0.267. The maximum Gasteiger partial charge on any atom is 0.166 e. The lowest BCUT2D eigenvalue weighted by Crippen LogP contribution is -2.35. The Kier molecular flexibility index (Phi) is 2.65. The number of ketones is 1. The first-order chi connectivity index (χ1) is 8.34. The monoisotopic (exact) mass is 226 g/mol. The highest BCUT2D eigenvalue weighted by molar-refractivity contribution is 5.85. The van der Waals surface area contributed by atoms with E-state index in [9.17, 15) is 4.79 Å². The second-order valence-corrected chi connectivity index (χ2v) is 4.50. The zero-order valence-corrected chi connectivity index (χ0v) is 9.45. The molecule has 0 N–H and O–H groups in total. The maximum atomic E-state index is 12.1. The summed E-state index contributed by atoms with van der Waals surface area (Å²) in [5.41, 5.74) is 0.957. The molecule has 2 aliphatic rings. The zero-order valence-electron chi connectivity index (χ0n) is 9.45. The second kappa shape index (κ2) is 4.30. The molecule has 17 heavy (non-hydrogen) atoms. The van der Waals surface area contributed by atoms with E-state index in [2.05, 4.69) is 6.08 Å². The molecule has 0 amide bonds. The van der Waals surface area contributed by atoms with Crippen LogP contribution in [0.15, 0.2) is 54.6 Å². The van der Waals surface area contributed by atoms with Gasteiger partial charge in [0.1, 0.15) is 6.10 Å². The predicted octanol–water partition coefficient (Wildman–Crippen LogP) is 2.83. The number of rotatable bonds is 1. The molecular weight excluding hydrogens is 212 g/mol. The Morgan fingerprint density at radius 3 is 2.65 bits per heavy atom. The Labute approximate surface area is 101 Å². The third kappa shape index (κ3) is 1.96. The number of hydrogen-bond acceptors (Lipinski definition) is 2. The van der Waals surface area contributed by atoms with Gasteiger partial charge in [0.15, 0.2) is 5.78 Å². The third-order valence-corrected chi connectivity index (χ3v) is 3.32. The Morgan fingerprint density at radius 1 is 1.06 bits per heavy atom. The molecule has 3 atom stereocenters. The number of ether oxygens (including phenoxy) is 1. The predicted molar refractivity (Wildman–Crippen MR) is 65.5 cm³/mol. The summed E-state index contributed by atoms with van der Waals surface area (Å²) in [4.78, 5) is 12.1. The molecule has 0 aromatic heterocycles. The smallest absolute Gasteiger partial charge is 0.166 e. The second-order valence-electron chi connectivity index (χ2n) is 4.50. The maximum absolute atomic E-state index is 12.1. The largest absolute Gasteiger partial charge is 0.358 e. The summed E-state index contributed by atoms with van der Waals surface area (Å²) < 4.78 is 5.90. The fourth-order valence-electron chi connectivity index (χ4n) is 2.43. The van der Waals surface area contributed by atoms with Crippen LogP contribution in [0.3, 0.4) is 0 Å². The van der Waals surface area contributed by atoms with Gasteiger partial charge in [0.05, 0.1) is 6.10 Å². The van der Waals surface area contributed by atoms with Gasteiger partial charge in [0.25, 0.3) is 0 Å². The molecule has 1 aromatic carbocycles. The number of benzene rings is 1. The molecule has 0 spiro atoms. The first-order valence-corrected chi connectivity index (χ1v) is 5.93. The topological polar surface area (TPSA) is 26.3 Å². The van der Waals surface area contributed by atoms with E-state index < -0.39 is 6.10 Å². The van der Waals surface area contributed by atoms with Gasteiger partial charge in [-0.2, -0.15) is 0 Å². The van der Waals surface area contributed by atoms with Crippen molar-refractivity contribution in [1.29, 1.82) is 0 Å². The van der Waals surface area contributed by atoms with Crippen LogP contribution in [0.25, 0.3) is 0 Å². The van der Waals surface area contributed by atoms with E-state index in [1.807, 2.05) is 48.6 Å². The third-order valence-electron chi connectivity index (χ3n) is 3.32. The Bertz CT molecular complexity index is 473. The first kappa shape index (κ1) is 10.5. The SMILES string of the molecule is O=C1CC2C=CC=CC2OC1c1ccccc1. The molecule has 2 heteroatoms. The molecule has 2 nitrogen and oxygen atoms in total. The van der Waals surface area contributed by atoms with Gasteiger partial charge in [-0.3, -0.25) is 4.79 Å². The van der Waals surface area contributed by atoms with Crippen LogP contribution in [-0.4, -0.2) is 11.9 Å². The molecule has 3 unspecified atom stereocenters. The molecule has 0 bridgehead atoms. The summed E-state index contributed by atoms with van der Waals surface area (Å²) in [6.45, 7) is 0. The van der Waals surface area contributed by atoms with Gasteiger partial charge >= 0.3 is 0 Å². The summed E-state index contributed by atoms with van der Waals surface area (Å²) >= 11 is 0. The standard InChI is InChI=1S/C15H14O2/c16-13-10-12-8-4-5-9-14(12)17-15(13)11-6-2-1-3-7-11/h1-9,12,14-15H,10H2. The van der Waals surface area contributed by atoms with Crippen LogP contribution in [0.5, 0.6) is 0 Å². The van der Waals surface area contributed by atoms with Gasteiger partial charge in [-0.25, -0.2) is 0 Å². The van der Waals surface area contributed by atoms with Crippen LogP contribution in [0.2, 0.25) is 0 Å². The quantitative estimate of drug-likeness (QED) is 0.736. The van der Waals surface area contributed by atoms with E-state index in [1.54, 1.807) is 0 Å². The number of carbonyl (C=O) groups excluding carboxylic acids is 1. The summed E-state index contributed by atoms with van der Waals surface area (Å²) in [5.74, 6) is 0.393. The van der Waals surface area contributed by atoms with Crippen LogP contribution < -0.4 is 0 Å². The molecule has 1 saturated heterocycles. The van der Waals surface area contributed by atoms with E-state index in [1.165, 1.54) is 0 Å². The van der Waals surface area contributed by atoms with Crippen LogP contribution in [0, 0.1) is 5.92 Å². The highest BCUT2D eigenvalue weighted by Gasteiger charge is 2.35. The number of fused-ring (bicyclic) bond motifs is 1. The van der Waals surface area contributed by atoms with Crippen LogP contribution in [0.1, 0.15) is 18.1 Å². The van der Waals surface area contributed by atoms with Crippen molar-refractivity contribution in [3.63, 3.8) is 0 Å². The normalized spacial score (nSPS) is 31.3. The molecule has 86 valence electrons. The Morgan fingerprint density at radius 2 is 1.82 bits per heavy atom. The molecule has 1 aromatic rings. The summed E-state index contributed by atoms with van der Waals surface area (Å²) in [7, 11) is 0. The molecule has 1 aliphatic heterocycles. The lowest BCUT2D eigenvalue weighted by molar-refractivity contribution is -0.143. The summed E-state index contributed by atoms with van der Waals surface area (Å²) in [6.07, 6.45) is 8.29.